The monoisotopic (exact) mass is 208 g/mol. The molecule has 0 atom stereocenters. The molecule has 0 heterocycles. The van der Waals surface area contributed by atoms with E-state index in [-0.39, 0.29) is 23.1 Å². The first-order valence-electron chi connectivity index (χ1n) is 5.35. The summed E-state index contributed by atoms with van der Waals surface area (Å²) in [5, 5.41) is 0. The molecule has 14 heavy (non-hydrogen) atoms. The SMILES string of the molecule is [CH2-]C=O.[CH2-]CCCCCCCCC.[Mg+2]. The number of unbranched alkanes of at least 4 members (excludes halogenated alkanes) is 7. The molecule has 0 fully saturated rings. The molecule has 0 N–H and O–H groups in total. The third-order valence-corrected chi connectivity index (χ3v) is 1.85. The average molecular weight is 209 g/mol. The Kier molecular flexibility index (Phi) is 32.9. The van der Waals surface area contributed by atoms with Crippen molar-refractivity contribution in [3.63, 3.8) is 0 Å². The Labute approximate surface area is 106 Å². The maximum Gasteiger partial charge on any atom is 2.00 e. The maximum atomic E-state index is 8.69. The second kappa shape index (κ2) is 23.3. The molecule has 0 aromatic heterocycles. The first-order valence-corrected chi connectivity index (χ1v) is 5.35. The largest absolute Gasteiger partial charge is 2.00 e. The van der Waals surface area contributed by atoms with Crippen molar-refractivity contribution < 1.29 is 4.79 Å². The van der Waals surface area contributed by atoms with Gasteiger partial charge in [-0.25, -0.2) is 0 Å². The summed E-state index contributed by atoms with van der Waals surface area (Å²) in [5.41, 5.74) is 0. The van der Waals surface area contributed by atoms with Crippen LogP contribution in [0.2, 0.25) is 0 Å². The van der Waals surface area contributed by atoms with Gasteiger partial charge in [-0.05, 0) is 6.29 Å². The summed E-state index contributed by atoms with van der Waals surface area (Å²) in [6, 6.07) is 0. The molecule has 0 spiro atoms. The van der Waals surface area contributed by atoms with Crippen LogP contribution in [0.5, 0.6) is 0 Å². The minimum Gasteiger partial charge on any atom is -0.343 e. The molecule has 0 bridgehead atoms. The van der Waals surface area contributed by atoms with Crippen molar-refractivity contribution in [2.75, 3.05) is 0 Å². The normalized spacial score (nSPS) is 8.14. The van der Waals surface area contributed by atoms with Gasteiger partial charge in [0, 0.05) is 0 Å². The van der Waals surface area contributed by atoms with Crippen molar-refractivity contribution in [3.05, 3.63) is 13.8 Å². The number of carbonyl (C=O) groups is 1. The average Bonchev–Trinajstić information content (AvgIpc) is 2.13. The topological polar surface area (TPSA) is 17.1 Å². The standard InChI is InChI=1S/C10H21.C2H3O.Mg/c1-3-5-7-9-10-8-6-4-2;1-2-3;/h1,3-10H2,2H3;2H,1H2;/q2*-1;+2. The molecule has 0 aliphatic heterocycles. The second-order valence-corrected chi connectivity index (χ2v) is 3.14. The molecule has 0 aliphatic rings. The summed E-state index contributed by atoms with van der Waals surface area (Å²) in [5.74, 6) is 0. The molecule has 2 heteroatoms. The fourth-order valence-electron chi connectivity index (χ4n) is 1.13. The Morgan fingerprint density at radius 2 is 1.36 bits per heavy atom. The van der Waals surface area contributed by atoms with Gasteiger partial charge in [0.05, 0.1) is 0 Å². The van der Waals surface area contributed by atoms with Crippen LogP contribution >= 0.6 is 0 Å². The molecule has 0 saturated heterocycles. The van der Waals surface area contributed by atoms with Gasteiger partial charge < -0.3 is 18.6 Å². The first kappa shape index (κ1) is 19.8. The number of hydrogen-bond donors (Lipinski definition) is 0. The summed E-state index contributed by atoms with van der Waals surface area (Å²) in [4.78, 5) is 8.69. The Hall–Kier alpha value is 0.306. The summed E-state index contributed by atoms with van der Waals surface area (Å²) in [6.45, 7) is 8.89. The molecule has 0 radical (unpaired) electrons. The summed E-state index contributed by atoms with van der Waals surface area (Å²) >= 11 is 0. The van der Waals surface area contributed by atoms with Crippen LogP contribution in [0.15, 0.2) is 0 Å². The molecule has 0 rings (SSSR count). The quantitative estimate of drug-likeness (QED) is 0.270. The van der Waals surface area contributed by atoms with Crippen molar-refractivity contribution in [2.24, 2.45) is 0 Å². The molecule has 1 nitrogen and oxygen atoms in total. The van der Waals surface area contributed by atoms with Crippen molar-refractivity contribution in [1.82, 2.24) is 0 Å². The van der Waals surface area contributed by atoms with Gasteiger partial charge in [0.2, 0.25) is 0 Å². The molecule has 0 aliphatic carbocycles. The van der Waals surface area contributed by atoms with E-state index in [4.69, 9.17) is 4.79 Å². The number of hydrogen-bond acceptors (Lipinski definition) is 1. The maximum absolute atomic E-state index is 8.69. The van der Waals surface area contributed by atoms with E-state index < -0.39 is 0 Å². The van der Waals surface area contributed by atoms with E-state index in [0.29, 0.717) is 6.29 Å². The van der Waals surface area contributed by atoms with Gasteiger partial charge in [-0.2, -0.15) is 6.42 Å². The van der Waals surface area contributed by atoms with E-state index in [1.807, 2.05) is 0 Å². The third-order valence-electron chi connectivity index (χ3n) is 1.85. The van der Waals surface area contributed by atoms with Crippen LogP contribution in [-0.2, 0) is 4.79 Å². The van der Waals surface area contributed by atoms with Gasteiger partial charge in [-0.3, -0.25) is 0 Å². The van der Waals surface area contributed by atoms with E-state index >= 15 is 0 Å². The minimum absolute atomic E-state index is 0. The molecular weight excluding hydrogens is 184 g/mol. The van der Waals surface area contributed by atoms with E-state index in [0.717, 1.165) is 6.42 Å². The van der Waals surface area contributed by atoms with E-state index in [1.54, 1.807) is 0 Å². The van der Waals surface area contributed by atoms with Crippen molar-refractivity contribution in [1.29, 1.82) is 0 Å². The summed E-state index contributed by atoms with van der Waals surface area (Å²) in [7, 11) is 0. The van der Waals surface area contributed by atoms with Crippen molar-refractivity contribution in [2.45, 2.75) is 58.3 Å². The van der Waals surface area contributed by atoms with Crippen LogP contribution in [0.1, 0.15) is 58.3 Å². The van der Waals surface area contributed by atoms with Crippen LogP contribution in [0.25, 0.3) is 0 Å². The van der Waals surface area contributed by atoms with Gasteiger partial charge >= 0.3 is 23.1 Å². The molecule has 0 saturated carbocycles. The zero-order valence-electron chi connectivity index (χ0n) is 9.76. The number of carbonyl (C=O) groups excluding carboxylic acids is 1. The Bertz CT molecular complexity index is 76.4. The molecule has 80 valence electrons. The van der Waals surface area contributed by atoms with Gasteiger partial charge in [0.15, 0.2) is 0 Å². The van der Waals surface area contributed by atoms with Crippen LogP contribution in [0.4, 0.5) is 0 Å². The fourth-order valence-corrected chi connectivity index (χ4v) is 1.13. The zero-order chi connectivity index (χ0) is 10.4. The van der Waals surface area contributed by atoms with E-state index in [2.05, 4.69) is 20.8 Å². The molecule has 0 aromatic carbocycles. The fraction of sp³-hybridized carbons (Fsp3) is 0.750. The first-order chi connectivity index (χ1) is 6.33. The van der Waals surface area contributed by atoms with Crippen LogP contribution in [0, 0.1) is 13.8 Å². The predicted molar refractivity (Wildman–Crippen MR) is 65.1 cm³/mol. The van der Waals surface area contributed by atoms with Crippen LogP contribution in [0.3, 0.4) is 0 Å². The van der Waals surface area contributed by atoms with Gasteiger partial charge in [0.25, 0.3) is 0 Å². The molecular formula is C12H24MgO. The Morgan fingerprint density at radius 1 is 1.00 bits per heavy atom. The second-order valence-electron chi connectivity index (χ2n) is 3.14. The van der Waals surface area contributed by atoms with Gasteiger partial charge in [-0.1, -0.05) is 51.9 Å². The minimum atomic E-state index is 0. The molecule has 0 unspecified atom stereocenters. The van der Waals surface area contributed by atoms with Crippen molar-refractivity contribution in [3.8, 4) is 0 Å². The smallest absolute Gasteiger partial charge is 0.343 e. The van der Waals surface area contributed by atoms with Crippen molar-refractivity contribution >= 4 is 29.3 Å². The number of rotatable bonds is 7. The number of aldehydes is 1. The van der Waals surface area contributed by atoms with Crippen LogP contribution in [-0.4, -0.2) is 29.3 Å². The molecule has 0 amide bonds. The summed E-state index contributed by atoms with van der Waals surface area (Å²) < 4.78 is 0. The third kappa shape index (κ3) is 29.5. The molecule has 0 aromatic rings. The van der Waals surface area contributed by atoms with Crippen LogP contribution < -0.4 is 0 Å². The van der Waals surface area contributed by atoms with E-state index in [1.165, 1.54) is 44.9 Å². The van der Waals surface area contributed by atoms with Gasteiger partial charge in [-0.15, -0.1) is 0 Å². The zero-order valence-corrected chi connectivity index (χ0v) is 11.2. The summed E-state index contributed by atoms with van der Waals surface area (Å²) in [6.07, 6.45) is 11.4. The van der Waals surface area contributed by atoms with Gasteiger partial charge in [0.1, 0.15) is 0 Å². The van der Waals surface area contributed by atoms with E-state index in [9.17, 15) is 0 Å². The predicted octanol–water partition coefficient (Wildman–Crippen LogP) is 3.60. The Morgan fingerprint density at radius 3 is 1.71 bits per heavy atom. The Balaban J connectivity index is -0.000000267.